The Kier molecular flexibility index (Phi) is 4.37. The summed E-state index contributed by atoms with van der Waals surface area (Å²) in [6.45, 7) is 3.07. The van der Waals surface area contributed by atoms with E-state index in [9.17, 15) is 14.0 Å². The number of carbonyl (C=O) groups excluding carboxylic acids is 2. The fraction of sp³-hybridized carbons (Fsp3) is 0.556. The van der Waals surface area contributed by atoms with Gasteiger partial charge in [-0.25, -0.2) is 4.39 Å². The molecule has 124 valence electrons. The summed E-state index contributed by atoms with van der Waals surface area (Å²) in [6, 6.07) is 7.39. The molecule has 4 nitrogen and oxygen atoms in total. The summed E-state index contributed by atoms with van der Waals surface area (Å²) in [4.78, 5) is 26.2. The summed E-state index contributed by atoms with van der Waals surface area (Å²) in [6.07, 6.45) is 2.39. The number of carbonyl (C=O) groups is 2. The Labute approximate surface area is 136 Å². The third-order valence-corrected chi connectivity index (χ3v) is 4.76. The summed E-state index contributed by atoms with van der Waals surface area (Å²) in [7, 11) is 0. The van der Waals surface area contributed by atoms with Crippen LogP contribution >= 0.6 is 0 Å². The van der Waals surface area contributed by atoms with E-state index in [0.29, 0.717) is 18.0 Å². The van der Waals surface area contributed by atoms with Crippen LogP contribution in [0, 0.1) is 12.8 Å². The molecule has 1 aromatic rings. The number of aryl methyl sites for hydroxylation is 1. The molecule has 0 atom stereocenters. The number of rotatable bonds is 4. The minimum absolute atomic E-state index is 0.0705. The summed E-state index contributed by atoms with van der Waals surface area (Å²) >= 11 is 0. The minimum Gasteiger partial charge on any atom is -0.353 e. The topological polar surface area (TPSA) is 49.4 Å². The Morgan fingerprint density at radius 3 is 2.61 bits per heavy atom. The number of piperidine rings is 1. The molecular formula is C18H23FN2O2. The molecule has 2 amide bonds. The van der Waals surface area contributed by atoms with Crippen molar-refractivity contribution in [1.82, 2.24) is 10.2 Å². The Balaban J connectivity index is 1.56. The summed E-state index contributed by atoms with van der Waals surface area (Å²) < 4.78 is 14.8. The van der Waals surface area contributed by atoms with Gasteiger partial charge in [0.25, 0.3) is 11.8 Å². The largest absolute Gasteiger partial charge is 0.353 e. The molecule has 0 unspecified atom stereocenters. The zero-order valence-electron chi connectivity index (χ0n) is 13.5. The predicted octanol–water partition coefficient (Wildman–Crippen LogP) is 2.47. The molecule has 1 N–H and O–H groups in total. The molecule has 1 saturated heterocycles. The maximum absolute atomic E-state index is 14.8. The molecule has 0 radical (unpaired) electrons. The maximum Gasteiger partial charge on any atom is 0.257 e. The van der Waals surface area contributed by atoms with Gasteiger partial charge in [0.05, 0.1) is 0 Å². The van der Waals surface area contributed by atoms with Gasteiger partial charge in [-0.05, 0) is 37.8 Å². The molecule has 23 heavy (non-hydrogen) atoms. The molecule has 2 aliphatic rings. The van der Waals surface area contributed by atoms with Crippen molar-refractivity contribution >= 4 is 11.8 Å². The number of nitrogens with one attached hydrogen (secondary N) is 1. The third-order valence-electron chi connectivity index (χ3n) is 4.76. The summed E-state index contributed by atoms with van der Waals surface area (Å²) in [5.74, 6) is -0.0632. The minimum atomic E-state index is -1.84. The van der Waals surface area contributed by atoms with Crippen molar-refractivity contribution in [2.75, 3.05) is 19.6 Å². The van der Waals surface area contributed by atoms with E-state index in [1.54, 1.807) is 11.0 Å². The highest BCUT2D eigenvalue weighted by molar-refractivity contribution is 5.94. The first-order valence-electron chi connectivity index (χ1n) is 8.31. The van der Waals surface area contributed by atoms with Crippen LogP contribution < -0.4 is 5.32 Å². The highest BCUT2D eigenvalue weighted by atomic mass is 19.1. The number of halogens is 1. The first kappa shape index (κ1) is 16.0. The molecular weight excluding hydrogens is 295 g/mol. The maximum atomic E-state index is 14.8. The fourth-order valence-corrected chi connectivity index (χ4v) is 2.97. The number of likely N-dealkylation sites (tertiary alicyclic amines) is 1. The number of hydrogen-bond acceptors (Lipinski definition) is 2. The van der Waals surface area contributed by atoms with Gasteiger partial charge in [-0.2, -0.15) is 0 Å². The quantitative estimate of drug-likeness (QED) is 0.927. The van der Waals surface area contributed by atoms with Crippen molar-refractivity contribution in [1.29, 1.82) is 0 Å². The fourth-order valence-electron chi connectivity index (χ4n) is 2.97. The van der Waals surface area contributed by atoms with Gasteiger partial charge < -0.3 is 10.2 Å². The SMILES string of the molecule is Cc1cccc(C(=O)N2CCC(F)(C(=O)NCC3CC3)CC2)c1. The van der Waals surface area contributed by atoms with Crippen LogP contribution in [0.5, 0.6) is 0 Å². The van der Waals surface area contributed by atoms with E-state index in [1.807, 2.05) is 25.1 Å². The molecule has 0 aromatic heterocycles. The molecule has 2 fully saturated rings. The van der Waals surface area contributed by atoms with E-state index in [4.69, 9.17) is 0 Å². The standard InChI is InChI=1S/C18H23FN2O2/c1-13-3-2-4-15(11-13)16(22)21-9-7-18(19,8-10-21)17(23)20-12-14-5-6-14/h2-4,11,14H,5-10,12H2,1H3,(H,20,23). The van der Waals surface area contributed by atoms with Crippen molar-refractivity contribution < 1.29 is 14.0 Å². The lowest BCUT2D eigenvalue weighted by Crippen LogP contribution is -2.52. The van der Waals surface area contributed by atoms with E-state index in [1.165, 1.54) is 0 Å². The molecule has 1 heterocycles. The molecule has 1 aromatic carbocycles. The van der Waals surface area contributed by atoms with Gasteiger partial charge in [-0.15, -0.1) is 0 Å². The van der Waals surface area contributed by atoms with Crippen molar-refractivity contribution in [2.24, 2.45) is 5.92 Å². The van der Waals surface area contributed by atoms with Gasteiger partial charge >= 0.3 is 0 Å². The van der Waals surface area contributed by atoms with Gasteiger partial charge in [0.2, 0.25) is 0 Å². The third kappa shape index (κ3) is 3.71. The molecule has 1 aliphatic carbocycles. The second-order valence-corrected chi connectivity index (χ2v) is 6.78. The zero-order valence-corrected chi connectivity index (χ0v) is 13.5. The van der Waals surface area contributed by atoms with Crippen LogP contribution in [-0.2, 0) is 4.79 Å². The Morgan fingerprint density at radius 2 is 2.00 bits per heavy atom. The predicted molar refractivity (Wildman–Crippen MR) is 85.9 cm³/mol. The van der Waals surface area contributed by atoms with Crippen LogP contribution in [0.25, 0.3) is 0 Å². The Hall–Kier alpha value is -1.91. The van der Waals surface area contributed by atoms with Crippen molar-refractivity contribution in [3.05, 3.63) is 35.4 Å². The number of hydrogen-bond donors (Lipinski definition) is 1. The summed E-state index contributed by atoms with van der Waals surface area (Å²) in [5, 5.41) is 2.72. The van der Waals surface area contributed by atoms with Crippen LogP contribution in [0.15, 0.2) is 24.3 Å². The average molecular weight is 318 g/mol. The molecule has 5 heteroatoms. The van der Waals surface area contributed by atoms with Crippen molar-refractivity contribution in [3.8, 4) is 0 Å². The lowest BCUT2D eigenvalue weighted by molar-refractivity contribution is -0.135. The van der Waals surface area contributed by atoms with E-state index in [0.717, 1.165) is 18.4 Å². The van der Waals surface area contributed by atoms with E-state index in [2.05, 4.69) is 5.32 Å². The first-order chi connectivity index (χ1) is 11.0. The highest BCUT2D eigenvalue weighted by Crippen LogP contribution is 2.30. The first-order valence-corrected chi connectivity index (χ1v) is 8.31. The number of amides is 2. The van der Waals surface area contributed by atoms with E-state index in [-0.39, 0.29) is 31.8 Å². The second-order valence-electron chi connectivity index (χ2n) is 6.78. The van der Waals surface area contributed by atoms with Gasteiger partial charge in [-0.3, -0.25) is 9.59 Å². The number of benzene rings is 1. The van der Waals surface area contributed by atoms with Crippen LogP contribution in [0.2, 0.25) is 0 Å². The Morgan fingerprint density at radius 1 is 1.30 bits per heavy atom. The summed E-state index contributed by atoms with van der Waals surface area (Å²) in [5.41, 5.74) is -0.195. The van der Waals surface area contributed by atoms with E-state index >= 15 is 0 Å². The van der Waals surface area contributed by atoms with Gasteiger partial charge in [0.15, 0.2) is 5.67 Å². The normalized spacial score (nSPS) is 20.2. The number of nitrogens with zero attached hydrogens (tertiary/aromatic N) is 1. The molecule has 1 aliphatic heterocycles. The van der Waals surface area contributed by atoms with Crippen molar-refractivity contribution in [3.63, 3.8) is 0 Å². The molecule has 3 rings (SSSR count). The van der Waals surface area contributed by atoms with Gasteiger partial charge in [-0.1, -0.05) is 17.7 Å². The highest BCUT2D eigenvalue weighted by Gasteiger charge is 2.43. The van der Waals surface area contributed by atoms with Crippen LogP contribution in [0.1, 0.15) is 41.6 Å². The zero-order chi connectivity index (χ0) is 16.4. The van der Waals surface area contributed by atoms with E-state index < -0.39 is 11.6 Å². The van der Waals surface area contributed by atoms with Crippen LogP contribution in [0.3, 0.4) is 0 Å². The monoisotopic (exact) mass is 318 g/mol. The smallest absolute Gasteiger partial charge is 0.257 e. The van der Waals surface area contributed by atoms with Crippen molar-refractivity contribution in [2.45, 2.75) is 38.3 Å². The molecule has 1 saturated carbocycles. The lowest BCUT2D eigenvalue weighted by atomic mass is 9.92. The van der Waals surface area contributed by atoms with Gasteiger partial charge in [0.1, 0.15) is 0 Å². The Bertz CT molecular complexity index is 605. The second kappa shape index (κ2) is 6.30. The van der Waals surface area contributed by atoms with Gasteiger partial charge in [0, 0.05) is 38.0 Å². The molecule has 0 bridgehead atoms. The number of alkyl halides is 1. The molecule has 0 spiro atoms. The lowest BCUT2D eigenvalue weighted by Gasteiger charge is -2.35. The van der Waals surface area contributed by atoms with Crippen LogP contribution in [-0.4, -0.2) is 42.0 Å². The van der Waals surface area contributed by atoms with Crippen LogP contribution in [0.4, 0.5) is 4.39 Å². The average Bonchev–Trinajstić information content (AvgIpc) is 3.37.